The molecule has 31 heavy (non-hydrogen) atoms. The van der Waals surface area contributed by atoms with Gasteiger partial charge in [0, 0.05) is 16.6 Å². The number of hydrogen-bond acceptors (Lipinski definition) is 6. The molecule has 0 aliphatic carbocycles. The minimum absolute atomic E-state index is 0.128. The van der Waals surface area contributed by atoms with Crippen molar-refractivity contribution < 1.29 is 14.3 Å². The molecule has 0 aliphatic rings. The van der Waals surface area contributed by atoms with Gasteiger partial charge < -0.3 is 14.8 Å². The average molecular weight is 436 g/mol. The monoisotopic (exact) mass is 435 g/mol. The third-order valence-corrected chi connectivity index (χ3v) is 5.79. The van der Waals surface area contributed by atoms with E-state index in [9.17, 15) is 9.59 Å². The number of aromatic nitrogens is 2. The Morgan fingerprint density at radius 2 is 1.84 bits per heavy atom. The number of methoxy groups -OCH3 is 2. The molecule has 1 amide bonds. The van der Waals surface area contributed by atoms with E-state index in [-0.39, 0.29) is 18.0 Å². The number of carbonyl (C=O) groups is 1. The predicted octanol–water partition coefficient (Wildman–Crippen LogP) is 4.09. The van der Waals surface area contributed by atoms with Gasteiger partial charge in [-0.05, 0) is 36.8 Å². The van der Waals surface area contributed by atoms with Crippen LogP contribution in [0.2, 0.25) is 0 Å². The summed E-state index contributed by atoms with van der Waals surface area (Å²) in [6.07, 6.45) is 1.41. The number of amides is 1. The lowest BCUT2D eigenvalue weighted by Gasteiger charge is -2.10. The maximum atomic E-state index is 13.2. The van der Waals surface area contributed by atoms with Crippen LogP contribution in [0.3, 0.4) is 0 Å². The standard InChI is InChI=1S/C23H21N3O4S/c1-14-4-7-16(8-5-14)25-20(27)11-26-13-24-22-21(23(26)28)17(12-31-22)15-6-9-18(29-2)19(10-15)30-3/h4-10,12-13H,11H2,1-3H3,(H,25,27). The van der Waals surface area contributed by atoms with E-state index >= 15 is 0 Å². The molecule has 4 aromatic rings. The Bertz CT molecular complexity index is 1310. The summed E-state index contributed by atoms with van der Waals surface area (Å²) in [5, 5.41) is 5.17. The molecule has 0 bridgehead atoms. The first-order valence-electron chi connectivity index (χ1n) is 9.55. The van der Waals surface area contributed by atoms with E-state index in [1.165, 1.54) is 22.2 Å². The van der Waals surface area contributed by atoms with Crippen LogP contribution in [0.1, 0.15) is 5.56 Å². The molecule has 0 fully saturated rings. The van der Waals surface area contributed by atoms with Gasteiger partial charge >= 0.3 is 0 Å². The van der Waals surface area contributed by atoms with Gasteiger partial charge in [0.15, 0.2) is 11.5 Å². The summed E-state index contributed by atoms with van der Waals surface area (Å²) < 4.78 is 12.0. The second kappa shape index (κ2) is 8.61. The highest BCUT2D eigenvalue weighted by Crippen LogP contribution is 2.36. The van der Waals surface area contributed by atoms with Gasteiger partial charge in [-0.1, -0.05) is 23.8 Å². The van der Waals surface area contributed by atoms with Crippen LogP contribution in [0.15, 0.2) is 59.0 Å². The summed E-state index contributed by atoms with van der Waals surface area (Å²) in [6, 6.07) is 13.0. The molecule has 2 heterocycles. The van der Waals surface area contributed by atoms with Crippen molar-refractivity contribution in [2.75, 3.05) is 19.5 Å². The Morgan fingerprint density at radius 1 is 1.10 bits per heavy atom. The van der Waals surface area contributed by atoms with Crippen LogP contribution >= 0.6 is 11.3 Å². The first-order valence-corrected chi connectivity index (χ1v) is 10.4. The van der Waals surface area contributed by atoms with Gasteiger partial charge in [-0.15, -0.1) is 11.3 Å². The van der Waals surface area contributed by atoms with Gasteiger partial charge in [-0.25, -0.2) is 4.98 Å². The molecule has 0 aliphatic heterocycles. The van der Waals surface area contributed by atoms with E-state index in [2.05, 4.69) is 10.3 Å². The molecule has 0 unspecified atom stereocenters. The fourth-order valence-corrected chi connectivity index (χ4v) is 4.20. The van der Waals surface area contributed by atoms with Gasteiger partial charge in [0.25, 0.3) is 5.56 Å². The Hall–Kier alpha value is -3.65. The van der Waals surface area contributed by atoms with Crippen LogP contribution in [0.4, 0.5) is 5.69 Å². The van der Waals surface area contributed by atoms with Gasteiger partial charge in [0.1, 0.15) is 11.4 Å². The van der Waals surface area contributed by atoms with Crippen LogP contribution in [-0.2, 0) is 11.3 Å². The molecule has 0 radical (unpaired) electrons. The number of ether oxygens (including phenoxy) is 2. The van der Waals surface area contributed by atoms with Gasteiger partial charge in [0.2, 0.25) is 5.91 Å². The first-order chi connectivity index (χ1) is 15.0. The molecular weight excluding hydrogens is 414 g/mol. The van der Waals surface area contributed by atoms with E-state index in [1.807, 2.05) is 48.7 Å². The van der Waals surface area contributed by atoms with Gasteiger partial charge in [-0.3, -0.25) is 14.2 Å². The lowest BCUT2D eigenvalue weighted by Crippen LogP contribution is -2.27. The number of nitrogens with one attached hydrogen (secondary N) is 1. The third-order valence-electron chi connectivity index (χ3n) is 4.90. The average Bonchev–Trinajstić information content (AvgIpc) is 3.21. The van der Waals surface area contributed by atoms with Crippen LogP contribution in [-0.4, -0.2) is 29.7 Å². The normalized spacial score (nSPS) is 10.8. The highest BCUT2D eigenvalue weighted by atomic mass is 32.1. The van der Waals surface area contributed by atoms with Crippen LogP contribution < -0.4 is 20.3 Å². The fraction of sp³-hybridized carbons (Fsp3) is 0.174. The molecule has 0 saturated heterocycles. The Labute approximate surface area is 182 Å². The van der Waals surface area contributed by atoms with Crippen molar-refractivity contribution in [2.45, 2.75) is 13.5 Å². The maximum Gasteiger partial charge on any atom is 0.263 e. The highest BCUT2D eigenvalue weighted by Gasteiger charge is 2.16. The van der Waals surface area contributed by atoms with Crippen LogP contribution in [0.5, 0.6) is 11.5 Å². The smallest absolute Gasteiger partial charge is 0.263 e. The van der Waals surface area contributed by atoms with Crippen molar-refractivity contribution in [3.8, 4) is 22.6 Å². The van der Waals surface area contributed by atoms with Gasteiger partial charge in [0.05, 0.1) is 25.9 Å². The summed E-state index contributed by atoms with van der Waals surface area (Å²) in [4.78, 5) is 30.7. The zero-order chi connectivity index (χ0) is 22.0. The number of anilines is 1. The third kappa shape index (κ3) is 4.15. The summed E-state index contributed by atoms with van der Waals surface area (Å²) in [6.45, 7) is 1.85. The second-order valence-electron chi connectivity index (χ2n) is 6.99. The number of benzene rings is 2. The second-order valence-corrected chi connectivity index (χ2v) is 7.85. The van der Waals surface area contributed by atoms with Crippen molar-refractivity contribution in [3.63, 3.8) is 0 Å². The molecule has 0 saturated carbocycles. The molecule has 2 aromatic heterocycles. The number of carbonyl (C=O) groups excluding carboxylic acids is 1. The quantitative estimate of drug-likeness (QED) is 0.493. The molecule has 2 aromatic carbocycles. The number of hydrogen-bond donors (Lipinski definition) is 1. The Kier molecular flexibility index (Phi) is 5.73. The minimum Gasteiger partial charge on any atom is -0.493 e. The predicted molar refractivity (Wildman–Crippen MR) is 122 cm³/mol. The minimum atomic E-state index is -0.296. The van der Waals surface area contributed by atoms with Crippen LogP contribution in [0, 0.1) is 6.92 Å². The zero-order valence-corrected chi connectivity index (χ0v) is 18.2. The Balaban J connectivity index is 1.67. The fourth-order valence-electron chi connectivity index (χ4n) is 3.29. The van der Waals surface area contributed by atoms with E-state index < -0.39 is 0 Å². The lowest BCUT2D eigenvalue weighted by atomic mass is 10.1. The summed E-state index contributed by atoms with van der Waals surface area (Å²) >= 11 is 1.38. The summed E-state index contributed by atoms with van der Waals surface area (Å²) in [7, 11) is 3.14. The molecule has 7 nitrogen and oxygen atoms in total. The SMILES string of the molecule is COc1ccc(-c2csc3ncn(CC(=O)Nc4ccc(C)cc4)c(=O)c23)cc1OC. The van der Waals surface area contributed by atoms with E-state index in [0.717, 1.165) is 16.7 Å². The lowest BCUT2D eigenvalue weighted by molar-refractivity contribution is -0.116. The van der Waals surface area contributed by atoms with Crippen molar-refractivity contribution >= 4 is 33.1 Å². The van der Waals surface area contributed by atoms with E-state index in [4.69, 9.17) is 9.47 Å². The van der Waals surface area contributed by atoms with Crippen molar-refractivity contribution in [1.29, 1.82) is 0 Å². The molecule has 0 atom stereocenters. The number of thiophene rings is 1. The largest absolute Gasteiger partial charge is 0.493 e. The molecular formula is C23H21N3O4S. The van der Waals surface area contributed by atoms with E-state index in [0.29, 0.717) is 27.4 Å². The van der Waals surface area contributed by atoms with Gasteiger partial charge in [-0.2, -0.15) is 0 Å². The van der Waals surface area contributed by atoms with Crippen molar-refractivity contribution in [1.82, 2.24) is 9.55 Å². The number of aryl methyl sites for hydroxylation is 1. The summed E-state index contributed by atoms with van der Waals surface area (Å²) in [5.41, 5.74) is 3.06. The molecule has 1 N–H and O–H groups in total. The first kappa shape index (κ1) is 20.6. The number of rotatable bonds is 6. The van der Waals surface area contributed by atoms with E-state index in [1.54, 1.807) is 20.3 Å². The van der Waals surface area contributed by atoms with Crippen molar-refractivity contribution in [3.05, 3.63) is 70.1 Å². The Morgan fingerprint density at radius 3 is 2.55 bits per heavy atom. The van der Waals surface area contributed by atoms with Crippen LogP contribution in [0.25, 0.3) is 21.3 Å². The highest BCUT2D eigenvalue weighted by molar-refractivity contribution is 7.17. The number of nitrogens with zero attached hydrogens (tertiary/aromatic N) is 2. The molecule has 8 heteroatoms. The summed E-state index contributed by atoms with van der Waals surface area (Å²) in [5.74, 6) is 0.880. The molecule has 4 rings (SSSR count). The zero-order valence-electron chi connectivity index (χ0n) is 17.3. The number of fused-ring (bicyclic) bond motifs is 1. The topological polar surface area (TPSA) is 82.5 Å². The van der Waals surface area contributed by atoms with Crippen molar-refractivity contribution in [2.24, 2.45) is 0 Å². The molecule has 0 spiro atoms. The maximum absolute atomic E-state index is 13.2. The molecule has 158 valence electrons.